The second-order valence-electron chi connectivity index (χ2n) is 2.22. The number of rotatable bonds is 3. The summed E-state index contributed by atoms with van der Waals surface area (Å²) < 4.78 is 36.4. The van der Waals surface area contributed by atoms with E-state index in [9.17, 15) is 13.2 Å². The molecule has 0 aliphatic heterocycles. The van der Waals surface area contributed by atoms with Gasteiger partial charge in [-0.3, -0.25) is 0 Å². The molecule has 1 rings (SSSR count). The van der Waals surface area contributed by atoms with E-state index < -0.39 is 11.2 Å². The van der Waals surface area contributed by atoms with E-state index in [1.54, 1.807) is 0 Å². The fourth-order valence-electron chi connectivity index (χ4n) is 0.572. The van der Waals surface area contributed by atoms with Gasteiger partial charge < -0.3 is 0 Å². The van der Waals surface area contributed by atoms with Gasteiger partial charge in [-0.25, -0.2) is 0 Å². The van der Waals surface area contributed by atoms with Crippen LogP contribution in [-0.2, 0) is 6.18 Å². The Labute approximate surface area is 81.6 Å². The predicted molar refractivity (Wildman–Crippen MR) is 45.9 cm³/mol. The first-order valence-corrected chi connectivity index (χ1v) is 5.37. The van der Waals surface area contributed by atoms with Crippen LogP contribution in [0.1, 0.15) is 18.4 Å². The van der Waals surface area contributed by atoms with E-state index in [1.165, 1.54) is 11.8 Å². The molecule has 0 aromatic carbocycles. The molecule has 1 aromatic rings. The summed E-state index contributed by atoms with van der Waals surface area (Å²) in [5.41, 5.74) is 0. The molecule has 0 aliphatic carbocycles. The third-order valence-electron chi connectivity index (χ3n) is 1.08. The van der Waals surface area contributed by atoms with Crippen molar-refractivity contribution in [2.24, 2.45) is 0 Å². The maximum Gasteiger partial charge on any atom is 0.445 e. The summed E-state index contributed by atoms with van der Waals surface area (Å²) in [5, 5.41) is 5.63. The summed E-state index contributed by atoms with van der Waals surface area (Å²) >= 11 is 1.90. The lowest BCUT2D eigenvalue weighted by Gasteiger charge is -1.97. The molecular formula is C6H7F3N2S2. The highest BCUT2D eigenvalue weighted by molar-refractivity contribution is 8.01. The van der Waals surface area contributed by atoms with Crippen molar-refractivity contribution in [3.63, 3.8) is 0 Å². The lowest BCUT2D eigenvalue weighted by molar-refractivity contribution is -0.138. The van der Waals surface area contributed by atoms with Crippen LogP contribution < -0.4 is 0 Å². The normalized spacial score (nSPS) is 12.0. The molecule has 0 amide bonds. The quantitative estimate of drug-likeness (QED) is 0.743. The van der Waals surface area contributed by atoms with Crippen LogP contribution in [0.3, 0.4) is 0 Å². The standard InChI is InChI=1S/C6H7F3N2S2/c1-2-3-12-5-11-10-4(13-5)6(7,8)9/h2-3H2,1H3. The molecule has 0 fully saturated rings. The zero-order valence-electron chi connectivity index (χ0n) is 6.76. The largest absolute Gasteiger partial charge is 0.445 e. The van der Waals surface area contributed by atoms with Gasteiger partial charge in [0, 0.05) is 5.75 Å². The van der Waals surface area contributed by atoms with Crippen molar-refractivity contribution < 1.29 is 13.2 Å². The molecule has 0 atom stereocenters. The lowest BCUT2D eigenvalue weighted by Crippen LogP contribution is -2.03. The molecule has 0 radical (unpaired) electrons. The van der Waals surface area contributed by atoms with Crippen molar-refractivity contribution in [2.75, 3.05) is 5.75 Å². The van der Waals surface area contributed by atoms with Crippen LogP contribution in [0.2, 0.25) is 0 Å². The second-order valence-corrected chi connectivity index (χ2v) is 4.54. The van der Waals surface area contributed by atoms with E-state index in [-0.39, 0.29) is 0 Å². The van der Waals surface area contributed by atoms with Gasteiger partial charge in [-0.2, -0.15) is 13.2 Å². The topological polar surface area (TPSA) is 25.8 Å². The van der Waals surface area contributed by atoms with E-state index in [4.69, 9.17) is 0 Å². The van der Waals surface area contributed by atoms with Gasteiger partial charge in [0.25, 0.3) is 0 Å². The van der Waals surface area contributed by atoms with Crippen molar-refractivity contribution in [1.82, 2.24) is 10.2 Å². The van der Waals surface area contributed by atoms with Crippen molar-refractivity contribution in [3.05, 3.63) is 5.01 Å². The average Bonchev–Trinajstić information content (AvgIpc) is 2.47. The zero-order valence-corrected chi connectivity index (χ0v) is 8.39. The van der Waals surface area contributed by atoms with E-state index in [0.29, 0.717) is 15.7 Å². The van der Waals surface area contributed by atoms with Gasteiger partial charge in [-0.1, -0.05) is 30.0 Å². The molecule has 0 saturated carbocycles. The van der Waals surface area contributed by atoms with Gasteiger partial charge >= 0.3 is 6.18 Å². The summed E-state index contributed by atoms with van der Waals surface area (Å²) in [6, 6.07) is 0. The Bertz CT molecular complexity index is 271. The molecule has 0 unspecified atom stereocenters. The summed E-state index contributed by atoms with van der Waals surface area (Å²) in [6.45, 7) is 1.96. The predicted octanol–water partition coefficient (Wildman–Crippen LogP) is 3.06. The number of hydrogen-bond acceptors (Lipinski definition) is 4. The SMILES string of the molecule is CCCSc1nnc(C(F)(F)F)s1. The first-order valence-electron chi connectivity index (χ1n) is 3.57. The monoisotopic (exact) mass is 228 g/mol. The number of halogens is 3. The maximum atomic E-state index is 12.0. The van der Waals surface area contributed by atoms with Gasteiger partial charge in [-0.05, 0) is 6.42 Å². The minimum Gasteiger partial charge on any atom is -0.164 e. The molecule has 0 saturated heterocycles. The van der Waals surface area contributed by atoms with E-state index in [2.05, 4.69) is 10.2 Å². The van der Waals surface area contributed by atoms with Crippen molar-refractivity contribution in [3.8, 4) is 0 Å². The van der Waals surface area contributed by atoms with Crippen LogP contribution in [0, 0.1) is 0 Å². The van der Waals surface area contributed by atoms with Crippen LogP contribution in [0.15, 0.2) is 4.34 Å². The van der Waals surface area contributed by atoms with Gasteiger partial charge in [-0.15, -0.1) is 10.2 Å². The summed E-state index contributed by atoms with van der Waals surface area (Å²) in [5.74, 6) is 0.770. The van der Waals surface area contributed by atoms with E-state index in [1.807, 2.05) is 6.92 Å². The Morgan fingerprint density at radius 2 is 2.08 bits per heavy atom. The molecule has 1 heterocycles. The Morgan fingerprint density at radius 1 is 1.38 bits per heavy atom. The van der Waals surface area contributed by atoms with Gasteiger partial charge in [0.1, 0.15) is 0 Å². The Balaban J connectivity index is 2.64. The molecule has 0 aliphatic rings. The first-order chi connectivity index (χ1) is 6.04. The molecule has 2 nitrogen and oxygen atoms in total. The smallest absolute Gasteiger partial charge is 0.164 e. The molecule has 1 aromatic heterocycles. The molecular weight excluding hydrogens is 221 g/mol. The van der Waals surface area contributed by atoms with Gasteiger partial charge in [0.2, 0.25) is 5.01 Å². The fourth-order valence-corrected chi connectivity index (χ4v) is 2.22. The van der Waals surface area contributed by atoms with Crippen LogP contribution in [-0.4, -0.2) is 16.0 Å². The highest BCUT2D eigenvalue weighted by atomic mass is 32.2. The van der Waals surface area contributed by atoms with Crippen molar-refractivity contribution in [1.29, 1.82) is 0 Å². The van der Waals surface area contributed by atoms with Crippen LogP contribution in [0.4, 0.5) is 13.2 Å². The Morgan fingerprint density at radius 3 is 2.54 bits per heavy atom. The number of alkyl halides is 3. The number of aromatic nitrogens is 2. The number of hydrogen-bond donors (Lipinski definition) is 0. The minimum absolute atomic E-state index is 0.383. The third-order valence-corrected chi connectivity index (χ3v) is 3.39. The van der Waals surface area contributed by atoms with Crippen molar-refractivity contribution in [2.45, 2.75) is 23.9 Å². The number of nitrogens with zero attached hydrogens (tertiary/aromatic N) is 2. The van der Waals surface area contributed by atoms with E-state index in [0.717, 1.165) is 12.2 Å². The third kappa shape index (κ3) is 3.15. The summed E-state index contributed by atoms with van der Waals surface area (Å²) in [7, 11) is 0. The molecule has 0 spiro atoms. The maximum absolute atomic E-state index is 12.0. The minimum atomic E-state index is -4.36. The van der Waals surface area contributed by atoms with Gasteiger partial charge in [0.05, 0.1) is 0 Å². The highest BCUT2D eigenvalue weighted by Crippen LogP contribution is 2.34. The summed E-state index contributed by atoms with van der Waals surface area (Å²) in [6.07, 6.45) is -3.45. The van der Waals surface area contributed by atoms with Gasteiger partial charge in [0.15, 0.2) is 4.34 Å². The van der Waals surface area contributed by atoms with Crippen LogP contribution >= 0.6 is 23.1 Å². The number of thioether (sulfide) groups is 1. The molecule has 7 heteroatoms. The van der Waals surface area contributed by atoms with Crippen LogP contribution in [0.5, 0.6) is 0 Å². The average molecular weight is 228 g/mol. The van der Waals surface area contributed by atoms with Crippen LogP contribution in [0.25, 0.3) is 0 Å². The van der Waals surface area contributed by atoms with E-state index >= 15 is 0 Å². The summed E-state index contributed by atoms with van der Waals surface area (Å²) in [4.78, 5) is 0. The second kappa shape index (κ2) is 4.28. The fraction of sp³-hybridized carbons (Fsp3) is 0.667. The lowest BCUT2D eigenvalue weighted by atomic mass is 10.6. The molecule has 74 valence electrons. The molecule has 13 heavy (non-hydrogen) atoms. The molecule has 0 bridgehead atoms. The Kier molecular flexibility index (Phi) is 3.55. The Hall–Kier alpha value is -0.300. The first kappa shape index (κ1) is 10.8. The zero-order chi connectivity index (χ0) is 9.90. The van der Waals surface area contributed by atoms with Crippen molar-refractivity contribution >= 4 is 23.1 Å². The molecule has 0 N–H and O–H groups in total. The highest BCUT2D eigenvalue weighted by Gasteiger charge is 2.35.